The van der Waals surface area contributed by atoms with Crippen LogP contribution in [-0.4, -0.2) is 17.1 Å². The van der Waals surface area contributed by atoms with Crippen LogP contribution < -0.4 is 15.2 Å². The fourth-order valence-electron chi connectivity index (χ4n) is 3.05. The number of para-hydroxylation sites is 2. The molecule has 0 bridgehead atoms. The van der Waals surface area contributed by atoms with Crippen molar-refractivity contribution in [1.82, 2.24) is 4.57 Å². The Morgan fingerprint density at radius 2 is 2.10 bits per heavy atom. The second-order valence-corrected chi connectivity index (χ2v) is 7.12. The van der Waals surface area contributed by atoms with Crippen molar-refractivity contribution in [2.24, 2.45) is 4.99 Å². The van der Waals surface area contributed by atoms with Gasteiger partial charge in [-0.05, 0) is 31.2 Å². The van der Waals surface area contributed by atoms with Crippen molar-refractivity contribution < 1.29 is 13.9 Å². The molecule has 2 heterocycles. The van der Waals surface area contributed by atoms with E-state index in [-0.39, 0.29) is 12.1 Å². The van der Waals surface area contributed by atoms with E-state index in [2.05, 4.69) is 10.9 Å². The van der Waals surface area contributed by atoms with Gasteiger partial charge in [0.2, 0.25) is 0 Å². The first kappa shape index (κ1) is 18.7. The zero-order valence-electron chi connectivity index (χ0n) is 15.5. The predicted octanol–water partition coefficient (Wildman–Crippen LogP) is 3.58. The van der Waals surface area contributed by atoms with Crippen LogP contribution >= 0.6 is 11.3 Å². The molecule has 144 valence electrons. The van der Waals surface area contributed by atoms with Crippen LogP contribution in [0.5, 0.6) is 5.75 Å². The molecule has 0 saturated heterocycles. The van der Waals surface area contributed by atoms with Crippen molar-refractivity contribution in [2.45, 2.75) is 13.5 Å². The van der Waals surface area contributed by atoms with E-state index in [1.165, 1.54) is 17.4 Å². The van der Waals surface area contributed by atoms with Gasteiger partial charge in [-0.1, -0.05) is 41.5 Å². The number of terminal acetylenes is 1. The number of rotatable bonds is 4. The van der Waals surface area contributed by atoms with Crippen molar-refractivity contribution >= 4 is 38.4 Å². The standard InChI is InChI=1S/C22H16N2O4S/c1-3-12-24-19-17(27-4-2)10-7-11-18(19)29-22(24)23-20(25)15-13-14-8-5-6-9-16(14)28-21(15)26/h1,5-11,13H,4,12H2,2H3. The lowest BCUT2D eigenvalue weighted by molar-refractivity contribution is 0.0994. The molecular weight excluding hydrogens is 388 g/mol. The van der Waals surface area contributed by atoms with Crippen molar-refractivity contribution in [3.63, 3.8) is 0 Å². The molecule has 2 aromatic carbocycles. The summed E-state index contributed by atoms with van der Waals surface area (Å²) in [5, 5.41) is 0.650. The van der Waals surface area contributed by atoms with E-state index in [1.54, 1.807) is 28.8 Å². The third kappa shape index (κ3) is 3.46. The molecule has 0 fully saturated rings. The van der Waals surface area contributed by atoms with Crippen molar-refractivity contribution in [3.05, 3.63) is 69.3 Å². The summed E-state index contributed by atoms with van der Waals surface area (Å²) in [6.07, 6.45) is 5.53. The first-order valence-corrected chi connectivity index (χ1v) is 9.74. The topological polar surface area (TPSA) is 73.8 Å². The number of hydrogen-bond donors (Lipinski definition) is 0. The molecule has 0 N–H and O–H groups in total. The normalized spacial score (nSPS) is 11.7. The van der Waals surface area contributed by atoms with Gasteiger partial charge < -0.3 is 13.7 Å². The lowest BCUT2D eigenvalue weighted by atomic mass is 10.2. The zero-order chi connectivity index (χ0) is 20.4. The number of hydrogen-bond acceptors (Lipinski definition) is 5. The van der Waals surface area contributed by atoms with Gasteiger partial charge in [-0.15, -0.1) is 6.42 Å². The smallest absolute Gasteiger partial charge is 0.349 e. The van der Waals surface area contributed by atoms with E-state index in [0.717, 1.165) is 10.2 Å². The van der Waals surface area contributed by atoms with E-state index in [4.69, 9.17) is 15.6 Å². The van der Waals surface area contributed by atoms with E-state index in [9.17, 15) is 9.59 Å². The molecule has 0 aliphatic carbocycles. The van der Waals surface area contributed by atoms with Crippen LogP contribution in [0.15, 0.2) is 62.7 Å². The quantitative estimate of drug-likeness (QED) is 0.385. The minimum absolute atomic E-state index is 0.126. The molecule has 0 aliphatic heterocycles. The maximum absolute atomic E-state index is 12.8. The molecule has 0 saturated carbocycles. The van der Waals surface area contributed by atoms with Crippen LogP contribution in [0.3, 0.4) is 0 Å². The second kappa shape index (κ2) is 7.78. The molecule has 7 heteroatoms. The summed E-state index contributed by atoms with van der Waals surface area (Å²) in [6.45, 7) is 2.60. The number of carbonyl (C=O) groups excluding carboxylic acids is 1. The fraction of sp³-hybridized carbons (Fsp3) is 0.136. The van der Waals surface area contributed by atoms with Crippen molar-refractivity contribution in [2.75, 3.05) is 6.61 Å². The van der Waals surface area contributed by atoms with Crippen LogP contribution in [0.2, 0.25) is 0 Å². The Bertz CT molecular complexity index is 1400. The number of carbonyl (C=O) groups is 1. The van der Waals surface area contributed by atoms with E-state index >= 15 is 0 Å². The second-order valence-electron chi connectivity index (χ2n) is 6.11. The van der Waals surface area contributed by atoms with Crippen molar-refractivity contribution in [3.8, 4) is 18.1 Å². The Hall–Kier alpha value is -3.63. The maximum Gasteiger partial charge on any atom is 0.349 e. The largest absolute Gasteiger partial charge is 0.492 e. The molecule has 1 amide bonds. The summed E-state index contributed by atoms with van der Waals surface area (Å²) in [6, 6.07) is 14.1. The first-order chi connectivity index (χ1) is 14.1. The number of nitrogens with zero attached hydrogens (tertiary/aromatic N) is 2. The Balaban J connectivity index is 1.90. The summed E-state index contributed by atoms with van der Waals surface area (Å²) < 4.78 is 13.6. The Kier molecular flexibility index (Phi) is 5.02. The first-order valence-electron chi connectivity index (χ1n) is 8.93. The van der Waals surface area contributed by atoms with Gasteiger partial charge in [-0.2, -0.15) is 4.99 Å². The molecule has 0 unspecified atom stereocenters. The third-order valence-corrected chi connectivity index (χ3v) is 5.33. The lowest BCUT2D eigenvalue weighted by Crippen LogP contribution is -2.19. The molecule has 6 nitrogen and oxygen atoms in total. The molecular formula is C22H16N2O4S. The zero-order valence-corrected chi connectivity index (χ0v) is 16.4. The van der Waals surface area contributed by atoms with Gasteiger partial charge in [-0.25, -0.2) is 4.79 Å². The van der Waals surface area contributed by atoms with Crippen LogP contribution in [0, 0.1) is 12.3 Å². The highest BCUT2D eigenvalue weighted by molar-refractivity contribution is 7.16. The summed E-state index contributed by atoms with van der Waals surface area (Å²) in [4.78, 5) is 29.7. The number of amides is 1. The summed E-state index contributed by atoms with van der Waals surface area (Å²) in [5.41, 5.74) is 0.338. The van der Waals surface area contributed by atoms with Crippen LogP contribution in [-0.2, 0) is 6.54 Å². The SMILES string of the molecule is C#CCn1c(=NC(=O)c2cc3ccccc3oc2=O)sc2cccc(OCC)c21. The van der Waals surface area contributed by atoms with Crippen LogP contribution in [0.25, 0.3) is 21.2 Å². The minimum Gasteiger partial charge on any atom is -0.492 e. The third-order valence-electron chi connectivity index (χ3n) is 4.28. The van der Waals surface area contributed by atoms with Crippen LogP contribution in [0.4, 0.5) is 0 Å². The Morgan fingerprint density at radius 1 is 1.28 bits per heavy atom. The number of ether oxygens (including phenoxy) is 1. The van der Waals surface area contributed by atoms with E-state index in [0.29, 0.717) is 28.1 Å². The van der Waals surface area contributed by atoms with Crippen LogP contribution in [0.1, 0.15) is 17.3 Å². The Morgan fingerprint density at radius 3 is 2.90 bits per heavy atom. The molecule has 0 atom stereocenters. The summed E-state index contributed by atoms with van der Waals surface area (Å²) in [5.74, 6) is 2.56. The molecule has 0 aliphatic rings. The number of aromatic nitrogens is 1. The van der Waals surface area contributed by atoms with Gasteiger partial charge in [0.05, 0.1) is 17.9 Å². The fourth-order valence-corrected chi connectivity index (χ4v) is 4.10. The molecule has 0 spiro atoms. The number of benzene rings is 2. The lowest BCUT2D eigenvalue weighted by Gasteiger charge is -2.07. The van der Waals surface area contributed by atoms with Gasteiger partial charge in [0.25, 0.3) is 5.91 Å². The van der Waals surface area contributed by atoms with Gasteiger partial charge in [0.15, 0.2) is 4.80 Å². The molecule has 2 aromatic heterocycles. The minimum atomic E-state index is -0.725. The highest BCUT2D eigenvalue weighted by Crippen LogP contribution is 2.27. The predicted molar refractivity (Wildman–Crippen MR) is 112 cm³/mol. The summed E-state index contributed by atoms with van der Waals surface area (Å²) >= 11 is 1.30. The average Bonchev–Trinajstić information content (AvgIpc) is 3.06. The van der Waals surface area contributed by atoms with Crippen molar-refractivity contribution in [1.29, 1.82) is 0 Å². The highest BCUT2D eigenvalue weighted by Gasteiger charge is 2.16. The van der Waals surface area contributed by atoms with E-state index in [1.807, 2.05) is 25.1 Å². The molecule has 4 rings (SSSR count). The van der Waals surface area contributed by atoms with Gasteiger partial charge in [0.1, 0.15) is 22.4 Å². The van der Waals surface area contributed by atoms with Gasteiger partial charge in [-0.3, -0.25) is 4.79 Å². The molecule has 29 heavy (non-hydrogen) atoms. The molecule has 0 radical (unpaired) electrons. The monoisotopic (exact) mass is 404 g/mol. The number of fused-ring (bicyclic) bond motifs is 2. The Labute approximate surface area is 169 Å². The average molecular weight is 404 g/mol. The van der Waals surface area contributed by atoms with Gasteiger partial charge >= 0.3 is 5.63 Å². The number of thiazole rings is 1. The van der Waals surface area contributed by atoms with E-state index < -0.39 is 11.5 Å². The summed E-state index contributed by atoms with van der Waals surface area (Å²) in [7, 11) is 0. The molecule has 4 aromatic rings. The highest BCUT2D eigenvalue weighted by atomic mass is 32.1. The maximum atomic E-state index is 12.8. The van der Waals surface area contributed by atoms with Gasteiger partial charge in [0, 0.05) is 5.39 Å².